The molecule has 86 valence electrons. The van der Waals surface area contributed by atoms with Gasteiger partial charge in [0.2, 0.25) is 0 Å². The summed E-state index contributed by atoms with van der Waals surface area (Å²) >= 11 is 8.07. The number of carbonyl (C=O) groups excluding carboxylic acids is 1. The molecule has 0 saturated carbocycles. The maximum atomic E-state index is 11.9. The molecule has 16 heavy (non-hydrogen) atoms. The van der Waals surface area contributed by atoms with Crippen LogP contribution in [0.5, 0.6) is 0 Å². The van der Waals surface area contributed by atoms with Gasteiger partial charge in [-0.2, -0.15) is 5.26 Å². The first kappa shape index (κ1) is 13.7. The summed E-state index contributed by atoms with van der Waals surface area (Å²) in [5, 5.41) is 8.68. The Hall–Kier alpha value is -0.380. The molecule has 1 aromatic rings. The van der Waals surface area contributed by atoms with Crippen molar-refractivity contribution in [2.45, 2.75) is 6.92 Å². The van der Waals surface area contributed by atoms with Crippen LogP contribution in [0, 0.1) is 17.2 Å². The van der Waals surface area contributed by atoms with Crippen molar-refractivity contribution in [2.24, 2.45) is 5.92 Å². The number of nitrogens with zero attached hydrogens (tertiary/aromatic N) is 2. The number of halogens is 2. The van der Waals surface area contributed by atoms with E-state index in [4.69, 9.17) is 5.26 Å². The van der Waals surface area contributed by atoms with Crippen LogP contribution in [0.1, 0.15) is 16.6 Å². The van der Waals surface area contributed by atoms with Gasteiger partial charge in [-0.05, 0) is 44.8 Å². The second-order valence-electron chi connectivity index (χ2n) is 3.45. The summed E-state index contributed by atoms with van der Waals surface area (Å²) in [6, 6.07) is 3.89. The maximum Gasteiger partial charge on any atom is 0.263 e. The van der Waals surface area contributed by atoms with Gasteiger partial charge in [-0.1, -0.05) is 0 Å². The zero-order valence-corrected chi connectivity index (χ0v) is 12.8. The molecule has 0 aliphatic carbocycles. The van der Waals surface area contributed by atoms with Gasteiger partial charge in [-0.15, -0.1) is 11.3 Å². The Labute approximate surface area is 115 Å². The van der Waals surface area contributed by atoms with E-state index in [9.17, 15) is 4.79 Å². The van der Waals surface area contributed by atoms with Crippen LogP contribution in [-0.4, -0.2) is 24.4 Å². The lowest BCUT2D eigenvalue weighted by molar-refractivity contribution is 0.0790. The zero-order chi connectivity index (χ0) is 12.3. The molecule has 6 heteroatoms. The predicted octanol–water partition coefficient (Wildman–Crippen LogP) is 3.50. The van der Waals surface area contributed by atoms with Gasteiger partial charge in [-0.3, -0.25) is 4.79 Å². The molecule has 1 amide bonds. The maximum absolute atomic E-state index is 11.9. The smallest absolute Gasteiger partial charge is 0.263 e. The fourth-order valence-electron chi connectivity index (χ4n) is 1.17. The standard InChI is InChI=1S/C10H10Br2N2OS/c1-6(4-13)5-14(2)10(15)8-3-7(11)9(12)16-8/h3,6H,5H2,1-2H3. The minimum atomic E-state index is -0.152. The summed E-state index contributed by atoms with van der Waals surface area (Å²) in [6.45, 7) is 2.24. The van der Waals surface area contributed by atoms with E-state index in [1.165, 1.54) is 11.3 Å². The number of hydrogen-bond acceptors (Lipinski definition) is 3. The van der Waals surface area contributed by atoms with Crippen molar-refractivity contribution >= 4 is 49.1 Å². The number of nitriles is 1. The third-order valence-corrected chi connectivity index (χ3v) is 5.21. The van der Waals surface area contributed by atoms with E-state index in [1.807, 2.05) is 0 Å². The van der Waals surface area contributed by atoms with Crippen LogP contribution < -0.4 is 0 Å². The molecule has 0 bridgehead atoms. The average Bonchev–Trinajstić information content (AvgIpc) is 2.57. The van der Waals surface area contributed by atoms with Crippen LogP contribution in [0.2, 0.25) is 0 Å². The monoisotopic (exact) mass is 364 g/mol. The number of rotatable bonds is 3. The Bertz CT molecular complexity index is 419. The lowest BCUT2D eigenvalue weighted by Crippen LogP contribution is -2.30. The largest absolute Gasteiger partial charge is 0.340 e. The van der Waals surface area contributed by atoms with Gasteiger partial charge >= 0.3 is 0 Å². The van der Waals surface area contributed by atoms with Gasteiger partial charge in [0.05, 0.1) is 20.7 Å². The Kier molecular flexibility index (Phi) is 4.96. The van der Waals surface area contributed by atoms with Crippen LogP contribution in [-0.2, 0) is 0 Å². The molecule has 0 saturated heterocycles. The van der Waals surface area contributed by atoms with Gasteiger partial charge in [0.15, 0.2) is 0 Å². The van der Waals surface area contributed by atoms with E-state index < -0.39 is 0 Å². The van der Waals surface area contributed by atoms with E-state index >= 15 is 0 Å². The zero-order valence-electron chi connectivity index (χ0n) is 8.83. The molecule has 0 spiro atoms. The fraction of sp³-hybridized carbons (Fsp3) is 0.400. The highest BCUT2D eigenvalue weighted by Crippen LogP contribution is 2.32. The van der Waals surface area contributed by atoms with Crippen molar-refractivity contribution < 1.29 is 4.79 Å². The van der Waals surface area contributed by atoms with Gasteiger partial charge in [0.1, 0.15) is 0 Å². The summed E-state index contributed by atoms with van der Waals surface area (Å²) in [4.78, 5) is 14.2. The Morgan fingerprint density at radius 1 is 1.69 bits per heavy atom. The first-order chi connectivity index (χ1) is 7.45. The van der Waals surface area contributed by atoms with E-state index in [0.717, 1.165) is 8.26 Å². The van der Waals surface area contributed by atoms with Crippen molar-refractivity contribution in [3.8, 4) is 6.07 Å². The van der Waals surface area contributed by atoms with Crippen LogP contribution in [0.3, 0.4) is 0 Å². The van der Waals surface area contributed by atoms with Gasteiger partial charge in [0.25, 0.3) is 5.91 Å². The van der Waals surface area contributed by atoms with Crippen LogP contribution in [0.15, 0.2) is 14.3 Å². The molecule has 1 heterocycles. The number of amides is 1. The summed E-state index contributed by atoms with van der Waals surface area (Å²) < 4.78 is 1.78. The molecular formula is C10H10Br2N2OS. The molecule has 1 unspecified atom stereocenters. The summed E-state index contributed by atoms with van der Waals surface area (Å²) in [5.74, 6) is -0.209. The highest BCUT2D eigenvalue weighted by atomic mass is 79.9. The molecule has 0 aliphatic rings. The molecule has 0 aromatic carbocycles. The van der Waals surface area contributed by atoms with E-state index in [1.54, 1.807) is 24.9 Å². The minimum Gasteiger partial charge on any atom is -0.340 e. The van der Waals surface area contributed by atoms with Crippen molar-refractivity contribution in [3.63, 3.8) is 0 Å². The van der Waals surface area contributed by atoms with Crippen LogP contribution in [0.25, 0.3) is 0 Å². The lowest BCUT2D eigenvalue weighted by atomic mass is 10.2. The quantitative estimate of drug-likeness (QED) is 0.822. The molecule has 3 nitrogen and oxygen atoms in total. The third-order valence-electron chi connectivity index (χ3n) is 1.97. The van der Waals surface area contributed by atoms with Crippen molar-refractivity contribution in [3.05, 3.63) is 19.2 Å². The van der Waals surface area contributed by atoms with Gasteiger partial charge in [0, 0.05) is 18.1 Å². The second kappa shape index (κ2) is 5.80. The highest BCUT2D eigenvalue weighted by molar-refractivity contribution is 9.13. The Morgan fingerprint density at radius 3 is 2.75 bits per heavy atom. The SMILES string of the molecule is CC(C#N)CN(C)C(=O)c1cc(Br)c(Br)s1. The van der Waals surface area contributed by atoms with Crippen molar-refractivity contribution in [1.82, 2.24) is 4.90 Å². The first-order valence-electron chi connectivity index (χ1n) is 4.55. The molecule has 1 atom stereocenters. The van der Waals surface area contributed by atoms with Crippen molar-refractivity contribution in [2.75, 3.05) is 13.6 Å². The van der Waals surface area contributed by atoms with E-state index in [0.29, 0.717) is 11.4 Å². The molecule has 0 aliphatic heterocycles. The average molecular weight is 366 g/mol. The molecular weight excluding hydrogens is 356 g/mol. The van der Waals surface area contributed by atoms with Crippen molar-refractivity contribution in [1.29, 1.82) is 5.26 Å². The summed E-state index contributed by atoms with van der Waals surface area (Å²) in [6.07, 6.45) is 0. The summed E-state index contributed by atoms with van der Waals surface area (Å²) in [7, 11) is 1.71. The van der Waals surface area contributed by atoms with E-state index in [-0.39, 0.29) is 11.8 Å². The molecule has 1 rings (SSSR count). The van der Waals surface area contributed by atoms with Gasteiger partial charge in [-0.25, -0.2) is 0 Å². The minimum absolute atomic E-state index is 0.0569. The third kappa shape index (κ3) is 3.30. The Morgan fingerprint density at radius 2 is 2.31 bits per heavy atom. The van der Waals surface area contributed by atoms with Crippen LogP contribution >= 0.6 is 43.2 Å². The lowest BCUT2D eigenvalue weighted by Gasteiger charge is -2.17. The second-order valence-corrected chi connectivity index (χ2v) is 6.67. The molecule has 0 N–H and O–H groups in total. The number of hydrogen-bond donors (Lipinski definition) is 0. The summed E-state index contributed by atoms with van der Waals surface area (Å²) in [5.41, 5.74) is 0. The number of thiophene rings is 1. The molecule has 0 fully saturated rings. The molecule has 0 radical (unpaired) electrons. The molecule has 1 aromatic heterocycles. The predicted molar refractivity (Wildman–Crippen MR) is 71.5 cm³/mol. The first-order valence-corrected chi connectivity index (χ1v) is 6.96. The topological polar surface area (TPSA) is 44.1 Å². The Balaban J connectivity index is 2.75. The highest BCUT2D eigenvalue weighted by Gasteiger charge is 2.17. The number of carbonyl (C=O) groups is 1. The van der Waals surface area contributed by atoms with Crippen LogP contribution in [0.4, 0.5) is 0 Å². The van der Waals surface area contributed by atoms with E-state index in [2.05, 4.69) is 37.9 Å². The normalized spacial score (nSPS) is 11.9. The fourth-order valence-corrected chi connectivity index (χ4v) is 3.20. The van der Waals surface area contributed by atoms with Gasteiger partial charge < -0.3 is 4.90 Å².